The van der Waals surface area contributed by atoms with Gasteiger partial charge >= 0.3 is 0 Å². The maximum Gasteiger partial charge on any atom is 0.207 e. The van der Waals surface area contributed by atoms with E-state index in [-0.39, 0.29) is 0 Å². The molecule has 0 spiro atoms. The average Bonchev–Trinajstić information content (AvgIpc) is 2.84. The minimum Gasteiger partial charge on any atom is -0.494 e. The third kappa shape index (κ3) is 3.41. The summed E-state index contributed by atoms with van der Waals surface area (Å²) >= 11 is 0. The first-order chi connectivity index (χ1) is 9.74. The monoisotopic (exact) mass is 271 g/mol. The predicted octanol–water partition coefficient (Wildman–Crippen LogP) is 3.57. The van der Waals surface area contributed by atoms with Crippen LogP contribution in [-0.4, -0.2) is 22.7 Å². The number of hydrogen-bond acceptors (Lipinski definition) is 3. The molecule has 0 radical (unpaired) electrons. The number of imidazole rings is 1. The number of nitrogens with one attached hydrogen (secondary N) is 1. The molecule has 106 valence electrons. The van der Waals surface area contributed by atoms with Crippen molar-refractivity contribution in [1.82, 2.24) is 9.55 Å². The number of rotatable bonds is 7. The second-order valence-corrected chi connectivity index (χ2v) is 4.59. The molecule has 1 N–H and O–H groups in total. The molecule has 0 saturated carbocycles. The summed E-state index contributed by atoms with van der Waals surface area (Å²) in [5.41, 5.74) is 2.03. The van der Waals surface area contributed by atoms with E-state index in [1.165, 1.54) is 0 Å². The zero-order chi connectivity index (χ0) is 14.4. The van der Waals surface area contributed by atoms with Crippen molar-refractivity contribution in [2.75, 3.05) is 18.5 Å². The van der Waals surface area contributed by atoms with Crippen molar-refractivity contribution < 1.29 is 4.74 Å². The smallest absolute Gasteiger partial charge is 0.207 e. The quantitative estimate of drug-likeness (QED) is 0.782. The molecule has 0 fully saturated rings. The lowest BCUT2D eigenvalue weighted by Crippen LogP contribution is -2.05. The van der Waals surface area contributed by atoms with Crippen molar-refractivity contribution in [1.29, 1.82) is 0 Å². The van der Waals surface area contributed by atoms with Gasteiger partial charge in [0.15, 0.2) is 0 Å². The molecule has 0 saturated heterocycles. The van der Waals surface area contributed by atoms with E-state index in [0.717, 1.165) is 36.1 Å². The highest BCUT2D eigenvalue weighted by Crippen LogP contribution is 2.20. The normalized spacial score (nSPS) is 10.3. The summed E-state index contributed by atoms with van der Waals surface area (Å²) < 4.78 is 7.62. The van der Waals surface area contributed by atoms with Crippen molar-refractivity contribution in [2.45, 2.75) is 20.3 Å². The summed E-state index contributed by atoms with van der Waals surface area (Å²) in [5.74, 6) is 1.72. The van der Waals surface area contributed by atoms with Crippen LogP contribution in [0, 0.1) is 6.92 Å². The number of aromatic nitrogens is 2. The highest BCUT2D eigenvalue weighted by molar-refractivity contribution is 5.45. The predicted molar refractivity (Wildman–Crippen MR) is 82.8 cm³/mol. The van der Waals surface area contributed by atoms with Crippen LogP contribution in [0.15, 0.2) is 43.1 Å². The molecule has 0 aliphatic rings. The minimum atomic E-state index is 0.689. The summed E-state index contributed by atoms with van der Waals surface area (Å²) in [6, 6.07) is 8.03. The largest absolute Gasteiger partial charge is 0.494 e. The van der Waals surface area contributed by atoms with E-state index in [0.29, 0.717) is 6.54 Å². The lowest BCUT2D eigenvalue weighted by molar-refractivity contribution is 0.317. The molecule has 1 aromatic heterocycles. The molecule has 0 aliphatic carbocycles. The second-order valence-electron chi connectivity index (χ2n) is 4.59. The molecule has 0 bridgehead atoms. The standard InChI is InChI=1S/C16H21N3O/c1-4-10-17-16-18-13(3)12-19(16)14-6-8-15(9-7-14)20-11-5-2/h4,6-9,12H,1,5,10-11H2,2-3H3,(H,17,18). The summed E-state index contributed by atoms with van der Waals surface area (Å²) in [6.45, 7) is 9.22. The van der Waals surface area contributed by atoms with E-state index in [9.17, 15) is 0 Å². The van der Waals surface area contributed by atoms with E-state index in [2.05, 4.69) is 23.8 Å². The molecule has 0 atom stereocenters. The molecule has 2 aromatic rings. The van der Waals surface area contributed by atoms with E-state index >= 15 is 0 Å². The molecule has 0 amide bonds. The van der Waals surface area contributed by atoms with E-state index in [1.807, 2.05) is 48.0 Å². The van der Waals surface area contributed by atoms with Crippen LogP contribution < -0.4 is 10.1 Å². The Morgan fingerprint density at radius 3 is 2.75 bits per heavy atom. The highest BCUT2D eigenvalue weighted by atomic mass is 16.5. The zero-order valence-corrected chi connectivity index (χ0v) is 12.1. The fourth-order valence-electron chi connectivity index (χ4n) is 1.91. The third-order valence-electron chi connectivity index (χ3n) is 2.82. The summed E-state index contributed by atoms with van der Waals surface area (Å²) in [5, 5.41) is 3.23. The first-order valence-electron chi connectivity index (χ1n) is 6.88. The molecule has 4 heteroatoms. The molecule has 1 aromatic carbocycles. The van der Waals surface area contributed by atoms with E-state index in [4.69, 9.17) is 4.74 Å². The molecule has 0 unspecified atom stereocenters. The zero-order valence-electron chi connectivity index (χ0n) is 12.1. The number of benzene rings is 1. The number of nitrogens with zero attached hydrogens (tertiary/aromatic N) is 2. The van der Waals surface area contributed by atoms with E-state index < -0.39 is 0 Å². The molecular weight excluding hydrogens is 250 g/mol. The fraction of sp³-hybridized carbons (Fsp3) is 0.312. The van der Waals surface area contributed by atoms with Gasteiger partial charge in [0.1, 0.15) is 5.75 Å². The van der Waals surface area contributed by atoms with Gasteiger partial charge in [-0.25, -0.2) is 4.98 Å². The Morgan fingerprint density at radius 1 is 1.35 bits per heavy atom. The lowest BCUT2D eigenvalue weighted by atomic mass is 10.3. The Kier molecular flexibility index (Phi) is 4.82. The van der Waals surface area contributed by atoms with Gasteiger partial charge in [-0.15, -0.1) is 6.58 Å². The minimum absolute atomic E-state index is 0.689. The molecule has 1 heterocycles. The van der Waals surface area contributed by atoms with Crippen LogP contribution in [0.2, 0.25) is 0 Å². The average molecular weight is 271 g/mol. The van der Waals surface area contributed by atoms with Gasteiger partial charge in [-0.2, -0.15) is 0 Å². The summed E-state index contributed by atoms with van der Waals surface area (Å²) in [7, 11) is 0. The van der Waals surface area contributed by atoms with Crippen LogP contribution in [0.4, 0.5) is 5.95 Å². The number of anilines is 1. The number of hydrogen-bond donors (Lipinski definition) is 1. The van der Waals surface area contributed by atoms with Gasteiger partial charge in [0.25, 0.3) is 0 Å². The molecule has 0 aliphatic heterocycles. The van der Waals surface area contributed by atoms with Gasteiger partial charge in [-0.3, -0.25) is 4.57 Å². The fourth-order valence-corrected chi connectivity index (χ4v) is 1.91. The highest BCUT2D eigenvalue weighted by Gasteiger charge is 2.06. The van der Waals surface area contributed by atoms with Gasteiger partial charge in [0.2, 0.25) is 5.95 Å². The Morgan fingerprint density at radius 2 is 2.10 bits per heavy atom. The Bertz CT molecular complexity index is 558. The SMILES string of the molecule is C=CCNc1nc(C)cn1-c1ccc(OCCC)cc1. The Labute approximate surface area is 120 Å². The maximum absolute atomic E-state index is 5.59. The van der Waals surface area contributed by atoms with Gasteiger partial charge in [-0.05, 0) is 37.6 Å². The Balaban J connectivity index is 2.20. The topological polar surface area (TPSA) is 39.1 Å². The first kappa shape index (κ1) is 14.2. The molecule has 4 nitrogen and oxygen atoms in total. The number of aryl methyl sites for hydroxylation is 1. The Hall–Kier alpha value is -2.23. The van der Waals surface area contributed by atoms with Gasteiger partial charge in [0, 0.05) is 18.4 Å². The van der Waals surface area contributed by atoms with E-state index in [1.54, 1.807) is 0 Å². The van der Waals surface area contributed by atoms with Crippen LogP contribution in [-0.2, 0) is 0 Å². The van der Waals surface area contributed by atoms with Crippen molar-refractivity contribution in [3.05, 3.63) is 48.8 Å². The van der Waals surface area contributed by atoms with Crippen LogP contribution >= 0.6 is 0 Å². The summed E-state index contributed by atoms with van der Waals surface area (Å²) in [4.78, 5) is 4.47. The van der Waals surface area contributed by atoms with Crippen LogP contribution in [0.3, 0.4) is 0 Å². The van der Waals surface area contributed by atoms with Gasteiger partial charge in [-0.1, -0.05) is 13.0 Å². The van der Waals surface area contributed by atoms with Crippen LogP contribution in [0.25, 0.3) is 5.69 Å². The van der Waals surface area contributed by atoms with Gasteiger partial charge < -0.3 is 10.1 Å². The molecule has 2 rings (SSSR count). The summed E-state index contributed by atoms with van der Waals surface area (Å²) in [6.07, 6.45) is 4.83. The third-order valence-corrected chi connectivity index (χ3v) is 2.82. The molecule has 20 heavy (non-hydrogen) atoms. The van der Waals surface area contributed by atoms with Crippen LogP contribution in [0.5, 0.6) is 5.75 Å². The number of ether oxygens (including phenoxy) is 1. The maximum atomic E-state index is 5.59. The first-order valence-corrected chi connectivity index (χ1v) is 6.88. The van der Waals surface area contributed by atoms with Crippen molar-refractivity contribution >= 4 is 5.95 Å². The van der Waals surface area contributed by atoms with Gasteiger partial charge in [0.05, 0.1) is 12.3 Å². The second kappa shape index (κ2) is 6.80. The molecular formula is C16H21N3O. The van der Waals surface area contributed by atoms with Crippen LogP contribution in [0.1, 0.15) is 19.0 Å². The van der Waals surface area contributed by atoms with Crippen molar-refractivity contribution in [2.24, 2.45) is 0 Å². The van der Waals surface area contributed by atoms with Crippen molar-refractivity contribution in [3.8, 4) is 11.4 Å². The van der Waals surface area contributed by atoms with Crippen molar-refractivity contribution in [3.63, 3.8) is 0 Å². The lowest BCUT2D eigenvalue weighted by Gasteiger charge is -2.10.